The van der Waals surface area contributed by atoms with Gasteiger partial charge in [0, 0.05) is 13.1 Å². The van der Waals surface area contributed by atoms with E-state index in [2.05, 4.69) is 5.32 Å². The van der Waals surface area contributed by atoms with Crippen LogP contribution in [0.25, 0.3) is 0 Å². The zero-order valence-corrected chi connectivity index (χ0v) is 11.7. The van der Waals surface area contributed by atoms with E-state index in [0.29, 0.717) is 6.54 Å². The lowest BCUT2D eigenvalue weighted by Gasteiger charge is -2.33. The first kappa shape index (κ1) is 14.5. The molecule has 1 aromatic carbocycles. The molecule has 1 aliphatic heterocycles. The molecule has 0 bridgehead atoms. The van der Waals surface area contributed by atoms with E-state index in [1.54, 1.807) is 0 Å². The number of likely N-dealkylation sites (N-methyl/N-ethyl adjacent to an activating group) is 1. The lowest BCUT2D eigenvalue weighted by molar-refractivity contribution is -0.149. The Morgan fingerprint density at radius 1 is 1.40 bits per heavy atom. The number of ether oxygens (including phenoxy) is 1. The highest BCUT2D eigenvalue weighted by Gasteiger charge is 2.30. The number of nitrogens with zero attached hydrogens (tertiary/aromatic N) is 1. The molecule has 1 heterocycles. The third-order valence-electron chi connectivity index (χ3n) is 3.45. The Balaban J connectivity index is 1.85. The summed E-state index contributed by atoms with van der Waals surface area (Å²) < 4.78 is 5.23. The topological polar surface area (TPSA) is 58.6 Å². The number of esters is 1. The van der Waals surface area contributed by atoms with Crippen LogP contribution in [0.5, 0.6) is 0 Å². The molecule has 1 aliphatic rings. The molecule has 1 atom stereocenters. The van der Waals surface area contributed by atoms with Crippen LogP contribution in [-0.4, -0.2) is 42.5 Å². The maximum atomic E-state index is 11.9. The van der Waals surface area contributed by atoms with Crippen LogP contribution < -0.4 is 5.32 Å². The van der Waals surface area contributed by atoms with Gasteiger partial charge in [-0.25, -0.2) is 0 Å². The second-order valence-corrected chi connectivity index (χ2v) is 4.79. The molecule has 0 spiro atoms. The minimum atomic E-state index is -0.406. The molecule has 108 valence electrons. The first-order chi connectivity index (χ1) is 9.70. The van der Waals surface area contributed by atoms with E-state index in [-0.39, 0.29) is 24.9 Å². The van der Waals surface area contributed by atoms with Crippen molar-refractivity contribution in [2.24, 2.45) is 0 Å². The van der Waals surface area contributed by atoms with Gasteiger partial charge in [0.25, 0.3) is 0 Å². The maximum absolute atomic E-state index is 11.9. The Labute approximate surface area is 118 Å². The normalized spacial score (nSPS) is 19.4. The molecule has 1 saturated heterocycles. The summed E-state index contributed by atoms with van der Waals surface area (Å²) in [6.45, 7) is 4.41. The van der Waals surface area contributed by atoms with Gasteiger partial charge in [-0.2, -0.15) is 0 Å². The van der Waals surface area contributed by atoms with Gasteiger partial charge in [0.05, 0.1) is 12.5 Å². The summed E-state index contributed by atoms with van der Waals surface area (Å²) in [7, 11) is 0. The number of carbonyl (C=O) groups excluding carboxylic acids is 2. The molecule has 2 rings (SSSR count). The average Bonchev–Trinajstić information content (AvgIpc) is 2.48. The molecule has 0 saturated carbocycles. The summed E-state index contributed by atoms with van der Waals surface area (Å²) in [5.41, 5.74) is 0.946. The summed E-state index contributed by atoms with van der Waals surface area (Å²) in [5.74, 6) is -0.427. The molecule has 20 heavy (non-hydrogen) atoms. The summed E-state index contributed by atoms with van der Waals surface area (Å²) in [5, 5.41) is 2.79. The van der Waals surface area contributed by atoms with Crippen molar-refractivity contribution in [1.82, 2.24) is 10.2 Å². The summed E-state index contributed by atoms with van der Waals surface area (Å²) >= 11 is 0. The van der Waals surface area contributed by atoms with Gasteiger partial charge >= 0.3 is 5.97 Å². The quantitative estimate of drug-likeness (QED) is 0.813. The first-order valence-electron chi connectivity index (χ1n) is 6.92. The minimum absolute atomic E-state index is 0.0882. The number of nitrogens with one attached hydrogen (secondary N) is 1. The molecule has 5 heteroatoms. The van der Waals surface area contributed by atoms with Gasteiger partial charge in [0.15, 0.2) is 0 Å². The largest absolute Gasteiger partial charge is 0.461 e. The number of amides is 1. The molecular formula is C15H20N2O3. The Morgan fingerprint density at radius 3 is 2.85 bits per heavy atom. The van der Waals surface area contributed by atoms with Crippen molar-refractivity contribution in [1.29, 1.82) is 0 Å². The SMILES string of the molecule is CCN1CCNC(=O)C1CC(=O)OCc1ccccc1. The van der Waals surface area contributed by atoms with E-state index >= 15 is 0 Å². The smallest absolute Gasteiger partial charge is 0.308 e. The zero-order valence-electron chi connectivity index (χ0n) is 11.7. The predicted octanol–water partition coefficient (Wildman–Crippen LogP) is 0.940. The van der Waals surface area contributed by atoms with Gasteiger partial charge in [-0.15, -0.1) is 0 Å². The standard InChI is InChI=1S/C15H20N2O3/c1-2-17-9-8-16-15(19)13(17)10-14(18)20-11-12-6-4-3-5-7-12/h3-7,13H,2,8-11H2,1H3,(H,16,19). The van der Waals surface area contributed by atoms with Crippen LogP contribution in [-0.2, 0) is 20.9 Å². The monoisotopic (exact) mass is 276 g/mol. The fourth-order valence-electron chi connectivity index (χ4n) is 2.32. The van der Waals surface area contributed by atoms with Gasteiger partial charge < -0.3 is 10.1 Å². The predicted molar refractivity (Wildman–Crippen MR) is 74.9 cm³/mol. The molecule has 1 N–H and O–H groups in total. The van der Waals surface area contributed by atoms with E-state index in [1.165, 1.54) is 0 Å². The summed E-state index contributed by atoms with van der Waals surface area (Å²) in [4.78, 5) is 25.7. The number of hydrogen-bond donors (Lipinski definition) is 1. The molecule has 0 aromatic heterocycles. The number of hydrogen-bond acceptors (Lipinski definition) is 4. The number of rotatable bonds is 5. The molecule has 1 aromatic rings. The molecule has 0 radical (unpaired) electrons. The second kappa shape index (κ2) is 7.05. The van der Waals surface area contributed by atoms with Crippen molar-refractivity contribution >= 4 is 11.9 Å². The van der Waals surface area contributed by atoms with Gasteiger partial charge in [-0.05, 0) is 12.1 Å². The van der Waals surface area contributed by atoms with E-state index in [4.69, 9.17) is 4.74 Å². The second-order valence-electron chi connectivity index (χ2n) is 4.79. The van der Waals surface area contributed by atoms with Crippen LogP contribution in [0.1, 0.15) is 18.9 Å². The van der Waals surface area contributed by atoms with E-state index in [1.807, 2.05) is 42.2 Å². The zero-order chi connectivity index (χ0) is 14.4. The van der Waals surface area contributed by atoms with Gasteiger partial charge in [0.2, 0.25) is 5.91 Å². The number of piperazine rings is 1. The lowest BCUT2D eigenvalue weighted by Crippen LogP contribution is -2.55. The maximum Gasteiger partial charge on any atom is 0.308 e. The van der Waals surface area contributed by atoms with Gasteiger partial charge in [0.1, 0.15) is 6.61 Å². The van der Waals surface area contributed by atoms with E-state index in [9.17, 15) is 9.59 Å². The van der Waals surface area contributed by atoms with Crippen LogP contribution in [0.2, 0.25) is 0 Å². The van der Waals surface area contributed by atoms with E-state index < -0.39 is 6.04 Å². The minimum Gasteiger partial charge on any atom is -0.461 e. The number of benzene rings is 1. The van der Waals surface area contributed by atoms with Crippen LogP contribution >= 0.6 is 0 Å². The van der Waals surface area contributed by atoms with Crippen molar-refractivity contribution in [3.05, 3.63) is 35.9 Å². The Bertz CT molecular complexity index is 461. The highest BCUT2D eigenvalue weighted by atomic mass is 16.5. The third-order valence-corrected chi connectivity index (χ3v) is 3.45. The fraction of sp³-hybridized carbons (Fsp3) is 0.467. The number of carbonyl (C=O) groups is 2. The third kappa shape index (κ3) is 3.81. The average molecular weight is 276 g/mol. The fourth-order valence-corrected chi connectivity index (χ4v) is 2.32. The van der Waals surface area contributed by atoms with Gasteiger partial charge in [-0.1, -0.05) is 37.3 Å². The lowest BCUT2D eigenvalue weighted by atomic mass is 10.1. The highest BCUT2D eigenvalue weighted by Crippen LogP contribution is 2.10. The molecule has 1 amide bonds. The van der Waals surface area contributed by atoms with Crippen LogP contribution in [0.3, 0.4) is 0 Å². The summed E-state index contributed by atoms with van der Waals surface area (Å²) in [6.07, 6.45) is 0.104. The van der Waals surface area contributed by atoms with Crippen LogP contribution in [0.15, 0.2) is 30.3 Å². The molecule has 1 fully saturated rings. The van der Waals surface area contributed by atoms with Crippen LogP contribution in [0.4, 0.5) is 0 Å². The van der Waals surface area contributed by atoms with Crippen molar-refractivity contribution < 1.29 is 14.3 Å². The highest BCUT2D eigenvalue weighted by molar-refractivity contribution is 5.87. The van der Waals surface area contributed by atoms with Crippen LogP contribution in [0, 0.1) is 0 Å². The Morgan fingerprint density at radius 2 is 2.15 bits per heavy atom. The summed E-state index contributed by atoms with van der Waals surface area (Å²) in [6, 6.07) is 9.11. The first-order valence-corrected chi connectivity index (χ1v) is 6.92. The Kier molecular flexibility index (Phi) is 5.12. The molecule has 5 nitrogen and oxygen atoms in total. The van der Waals surface area contributed by atoms with Crippen molar-refractivity contribution in [2.45, 2.75) is 26.0 Å². The van der Waals surface area contributed by atoms with Crippen molar-refractivity contribution in [2.75, 3.05) is 19.6 Å². The van der Waals surface area contributed by atoms with Crippen molar-refractivity contribution in [3.63, 3.8) is 0 Å². The molecule has 1 unspecified atom stereocenters. The Hall–Kier alpha value is -1.88. The molecular weight excluding hydrogens is 256 g/mol. The van der Waals surface area contributed by atoms with Crippen molar-refractivity contribution in [3.8, 4) is 0 Å². The van der Waals surface area contributed by atoms with E-state index in [0.717, 1.165) is 18.7 Å². The molecule has 0 aliphatic carbocycles. The van der Waals surface area contributed by atoms with Gasteiger partial charge in [-0.3, -0.25) is 14.5 Å².